The number of aromatic nitrogens is 1. The molecule has 0 radical (unpaired) electrons. The lowest BCUT2D eigenvalue weighted by Gasteiger charge is -2.41. The molecule has 1 aliphatic rings. The Hall–Kier alpha value is -1.22. The Bertz CT molecular complexity index is 557. The number of ether oxygens (including phenoxy) is 2. The highest BCUT2D eigenvalue weighted by Crippen LogP contribution is 2.37. The van der Waals surface area contributed by atoms with E-state index < -0.39 is 17.2 Å². The van der Waals surface area contributed by atoms with Gasteiger partial charge >= 0.3 is 6.09 Å². The van der Waals surface area contributed by atoms with Gasteiger partial charge in [0, 0.05) is 17.9 Å². The molecule has 0 aromatic carbocycles. The number of carbonyl (C=O) groups excluding carboxylic acids is 1. The molecule has 0 spiro atoms. The Morgan fingerprint density at radius 1 is 1.65 bits per heavy atom. The predicted molar refractivity (Wildman–Crippen MR) is 88.4 cm³/mol. The Morgan fingerprint density at radius 3 is 2.96 bits per heavy atom. The summed E-state index contributed by atoms with van der Waals surface area (Å²) in [5.41, 5.74) is 5.04. The number of thiazole rings is 1. The Morgan fingerprint density at radius 2 is 2.35 bits per heavy atom. The molecule has 2 heterocycles. The molecule has 0 bridgehead atoms. The van der Waals surface area contributed by atoms with Gasteiger partial charge in [-0.05, 0) is 34.1 Å². The summed E-state index contributed by atoms with van der Waals surface area (Å²) >= 11 is 1.34. The predicted octanol–water partition coefficient (Wildman–Crippen LogP) is 2.06. The third-order valence-corrected chi connectivity index (χ3v) is 4.74. The molecule has 0 aliphatic carbocycles. The summed E-state index contributed by atoms with van der Waals surface area (Å²) in [6.45, 7) is 7.60. The van der Waals surface area contributed by atoms with Crippen LogP contribution in [0.25, 0.3) is 0 Å². The lowest BCUT2D eigenvalue weighted by Crippen LogP contribution is -2.54. The van der Waals surface area contributed by atoms with E-state index in [4.69, 9.17) is 15.2 Å². The number of rotatable bonds is 3. The highest BCUT2D eigenvalue weighted by atomic mass is 32.1. The molecule has 8 heteroatoms. The second-order valence-corrected chi connectivity index (χ2v) is 7.80. The van der Waals surface area contributed by atoms with Crippen LogP contribution in [0.4, 0.5) is 10.6 Å². The minimum Gasteiger partial charge on any atom is -0.444 e. The number of nitrogens with two attached hydrogens (primary N) is 1. The first kappa shape index (κ1) is 18.1. The average molecular weight is 343 g/mol. The number of nitrogens with one attached hydrogen (secondary N) is 1. The second-order valence-electron chi connectivity index (χ2n) is 6.94. The van der Waals surface area contributed by atoms with Crippen LogP contribution >= 0.6 is 11.3 Å². The maximum atomic E-state index is 11.8. The van der Waals surface area contributed by atoms with Gasteiger partial charge in [-0.3, -0.25) is 5.32 Å². The molecule has 2 rings (SSSR count). The summed E-state index contributed by atoms with van der Waals surface area (Å²) < 4.78 is 10.9. The standard InChI is InChI=1S/C15H25N3O4S/c1-9-5-10(6-19)15(16,8-21-9)12-17-11(7-23-12)18-13(20)22-14(2,3)4/h7,9-10,19H,5-6,8,16H2,1-4H3,(H,18,20). The van der Waals surface area contributed by atoms with Crippen LogP contribution in [0.1, 0.15) is 39.1 Å². The number of hydrogen-bond acceptors (Lipinski definition) is 7. The van der Waals surface area contributed by atoms with Crippen molar-refractivity contribution in [1.29, 1.82) is 0 Å². The zero-order valence-electron chi connectivity index (χ0n) is 14.0. The molecule has 1 aromatic rings. The molecular weight excluding hydrogens is 318 g/mol. The fourth-order valence-electron chi connectivity index (χ4n) is 2.50. The summed E-state index contributed by atoms with van der Waals surface area (Å²) in [6.07, 6.45) is 0.164. The number of anilines is 1. The van der Waals surface area contributed by atoms with Crippen molar-refractivity contribution in [1.82, 2.24) is 4.98 Å². The summed E-state index contributed by atoms with van der Waals surface area (Å²) in [5.74, 6) is 0.256. The van der Waals surface area contributed by atoms with Crippen LogP contribution in [0.15, 0.2) is 5.38 Å². The summed E-state index contributed by atoms with van der Waals surface area (Å²) in [6, 6.07) is 0. The van der Waals surface area contributed by atoms with Crippen LogP contribution in [0, 0.1) is 5.92 Å². The van der Waals surface area contributed by atoms with Crippen LogP contribution in [0.5, 0.6) is 0 Å². The van der Waals surface area contributed by atoms with Gasteiger partial charge in [0.25, 0.3) is 0 Å². The van der Waals surface area contributed by atoms with Crippen LogP contribution in [0.3, 0.4) is 0 Å². The minimum absolute atomic E-state index is 0.0292. The van der Waals surface area contributed by atoms with Gasteiger partial charge < -0.3 is 20.3 Å². The number of aliphatic hydroxyl groups excluding tert-OH is 1. The second kappa shape index (κ2) is 6.72. The van der Waals surface area contributed by atoms with Gasteiger partial charge in [-0.15, -0.1) is 11.3 Å². The molecule has 7 nitrogen and oxygen atoms in total. The molecule has 4 N–H and O–H groups in total. The zero-order valence-corrected chi connectivity index (χ0v) is 14.8. The van der Waals surface area contributed by atoms with Gasteiger partial charge in [0.1, 0.15) is 16.4 Å². The summed E-state index contributed by atoms with van der Waals surface area (Å²) in [4.78, 5) is 16.2. The normalized spacial score (nSPS) is 28.4. The van der Waals surface area contributed by atoms with Crippen molar-refractivity contribution in [2.45, 2.75) is 51.4 Å². The average Bonchev–Trinajstić information content (AvgIpc) is 2.88. The number of nitrogens with zero attached hydrogens (tertiary/aromatic N) is 1. The van der Waals surface area contributed by atoms with E-state index in [1.807, 2.05) is 6.92 Å². The maximum Gasteiger partial charge on any atom is 0.413 e. The summed E-state index contributed by atoms with van der Waals surface area (Å²) in [7, 11) is 0. The van der Waals surface area contributed by atoms with E-state index in [0.29, 0.717) is 23.9 Å². The Labute approximate surface area is 140 Å². The van der Waals surface area contributed by atoms with Crippen molar-refractivity contribution in [3.8, 4) is 0 Å². The fourth-order valence-corrected chi connectivity index (χ4v) is 3.43. The van der Waals surface area contributed by atoms with Crippen LogP contribution in [0.2, 0.25) is 0 Å². The molecule has 1 fully saturated rings. The van der Waals surface area contributed by atoms with Crippen molar-refractivity contribution in [2.75, 3.05) is 18.5 Å². The highest BCUT2D eigenvalue weighted by molar-refractivity contribution is 7.10. The lowest BCUT2D eigenvalue weighted by atomic mass is 9.80. The van der Waals surface area contributed by atoms with E-state index in [9.17, 15) is 9.90 Å². The van der Waals surface area contributed by atoms with Gasteiger partial charge in [-0.1, -0.05) is 0 Å². The van der Waals surface area contributed by atoms with E-state index in [1.54, 1.807) is 26.2 Å². The molecule has 3 atom stereocenters. The van der Waals surface area contributed by atoms with E-state index in [-0.39, 0.29) is 18.6 Å². The number of carbonyl (C=O) groups is 1. The van der Waals surface area contributed by atoms with Crippen molar-refractivity contribution in [2.24, 2.45) is 11.7 Å². The molecule has 0 saturated carbocycles. The van der Waals surface area contributed by atoms with E-state index in [2.05, 4.69) is 10.3 Å². The number of amides is 1. The molecule has 1 amide bonds. The van der Waals surface area contributed by atoms with Crippen molar-refractivity contribution in [3.05, 3.63) is 10.4 Å². The van der Waals surface area contributed by atoms with Gasteiger partial charge in [-0.25, -0.2) is 9.78 Å². The van der Waals surface area contributed by atoms with Crippen LogP contribution in [-0.2, 0) is 15.0 Å². The monoisotopic (exact) mass is 343 g/mol. The number of hydrogen-bond donors (Lipinski definition) is 3. The molecule has 1 aliphatic heterocycles. The maximum absolute atomic E-state index is 11.8. The molecule has 130 valence electrons. The van der Waals surface area contributed by atoms with E-state index in [0.717, 1.165) is 0 Å². The minimum atomic E-state index is -0.847. The molecule has 1 aromatic heterocycles. The van der Waals surface area contributed by atoms with Crippen molar-refractivity contribution >= 4 is 23.2 Å². The molecule has 1 saturated heterocycles. The Balaban J connectivity index is 2.10. The van der Waals surface area contributed by atoms with Gasteiger partial charge in [0.15, 0.2) is 0 Å². The topological polar surface area (TPSA) is 107 Å². The zero-order chi connectivity index (χ0) is 17.3. The van der Waals surface area contributed by atoms with Crippen molar-refractivity contribution < 1.29 is 19.4 Å². The largest absolute Gasteiger partial charge is 0.444 e. The highest BCUT2D eigenvalue weighted by Gasteiger charge is 2.43. The fraction of sp³-hybridized carbons (Fsp3) is 0.733. The molecule has 23 heavy (non-hydrogen) atoms. The van der Waals surface area contributed by atoms with Crippen molar-refractivity contribution in [3.63, 3.8) is 0 Å². The molecular formula is C15H25N3O4S. The van der Waals surface area contributed by atoms with E-state index in [1.165, 1.54) is 11.3 Å². The first-order chi connectivity index (χ1) is 10.6. The van der Waals surface area contributed by atoms with Crippen LogP contribution < -0.4 is 11.1 Å². The van der Waals surface area contributed by atoms with E-state index >= 15 is 0 Å². The number of aliphatic hydroxyl groups is 1. The third kappa shape index (κ3) is 4.41. The first-order valence-electron chi connectivity index (χ1n) is 7.61. The Kier molecular flexibility index (Phi) is 5.30. The van der Waals surface area contributed by atoms with Gasteiger partial charge in [0.05, 0.1) is 18.2 Å². The quantitative estimate of drug-likeness (QED) is 0.775. The van der Waals surface area contributed by atoms with Gasteiger partial charge in [-0.2, -0.15) is 0 Å². The third-order valence-electron chi connectivity index (χ3n) is 3.70. The molecule has 3 unspecified atom stereocenters. The van der Waals surface area contributed by atoms with Crippen LogP contribution in [-0.4, -0.2) is 41.1 Å². The SMILES string of the molecule is CC1CC(CO)C(N)(c2nc(NC(=O)OC(C)(C)C)cs2)CO1. The summed E-state index contributed by atoms with van der Waals surface area (Å²) in [5, 5.41) is 14.6. The lowest BCUT2D eigenvalue weighted by molar-refractivity contribution is -0.0669. The smallest absolute Gasteiger partial charge is 0.413 e. The van der Waals surface area contributed by atoms with Gasteiger partial charge in [0.2, 0.25) is 0 Å². The first-order valence-corrected chi connectivity index (χ1v) is 8.49.